The number of hydrogen-bond acceptors (Lipinski definition) is 3. The molecule has 0 bridgehead atoms. The van der Waals surface area contributed by atoms with Crippen LogP contribution in [0.15, 0.2) is 18.2 Å². The molecule has 1 aliphatic carbocycles. The van der Waals surface area contributed by atoms with E-state index >= 15 is 0 Å². The largest absolute Gasteiger partial charge is 0.326 e. The number of fused-ring (bicyclic) bond motifs is 1. The number of nitrogens with one attached hydrogen (secondary N) is 1. The van der Waals surface area contributed by atoms with Gasteiger partial charge >= 0.3 is 0 Å². The van der Waals surface area contributed by atoms with Crippen LogP contribution in [0.5, 0.6) is 0 Å². The molecule has 1 amide bonds. The Morgan fingerprint density at radius 2 is 2.00 bits per heavy atom. The Hall–Kier alpha value is -1.56. The van der Waals surface area contributed by atoms with Gasteiger partial charge in [0.2, 0.25) is 15.9 Å². The van der Waals surface area contributed by atoms with Gasteiger partial charge in [-0.15, -0.1) is 0 Å². The first-order valence-electron chi connectivity index (χ1n) is 8.45. The van der Waals surface area contributed by atoms with Crippen LogP contribution in [-0.2, 0) is 21.2 Å². The lowest BCUT2D eigenvalue weighted by Crippen LogP contribution is -2.36. The van der Waals surface area contributed by atoms with E-state index in [2.05, 4.69) is 5.32 Å². The van der Waals surface area contributed by atoms with Gasteiger partial charge in [0.05, 0.1) is 11.4 Å². The van der Waals surface area contributed by atoms with Gasteiger partial charge in [-0.25, -0.2) is 8.42 Å². The number of nitrogens with zero attached hydrogens (tertiary/aromatic N) is 1. The second-order valence-corrected chi connectivity index (χ2v) is 8.57. The normalized spacial score (nSPS) is 18.7. The minimum absolute atomic E-state index is 0.0585. The number of rotatable bonds is 4. The summed E-state index contributed by atoms with van der Waals surface area (Å²) in [7, 11) is -3.27. The standard InChI is InChI=1S/C17H24N2O3S/c1-2-23(21,22)19-11-5-8-13-9-10-15(12-16(13)19)18-17(20)14-6-3-4-7-14/h9-10,12,14H,2-8,11H2,1H3,(H,18,20). The number of carbonyl (C=O) groups excluding carboxylic acids is 1. The maximum atomic E-state index is 12.3. The van der Waals surface area contributed by atoms with Crippen LogP contribution in [0.1, 0.15) is 44.6 Å². The summed E-state index contributed by atoms with van der Waals surface area (Å²) in [6.45, 7) is 2.18. The van der Waals surface area contributed by atoms with E-state index in [1.54, 1.807) is 6.92 Å². The average Bonchev–Trinajstić information content (AvgIpc) is 3.08. The minimum atomic E-state index is -3.27. The molecule has 1 saturated carbocycles. The Bertz CT molecular complexity index is 694. The van der Waals surface area contributed by atoms with Crippen LogP contribution >= 0.6 is 0 Å². The first-order valence-corrected chi connectivity index (χ1v) is 10.1. The second-order valence-electron chi connectivity index (χ2n) is 6.39. The molecule has 1 aromatic rings. The SMILES string of the molecule is CCS(=O)(=O)N1CCCc2ccc(NC(=O)C3CCCC3)cc21. The summed E-state index contributed by atoms with van der Waals surface area (Å²) in [4.78, 5) is 12.3. The van der Waals surface area contributed by atoms with Crippen molar-refractivity contribution in [1.29, 1.82) is 0 Å². The summed E-state index contributed by atoms with van der Waals surface area (Å²) in [6.07, 6.45) is 5.84. The van der Waals surface area contributed by atoms with Gasteiger partial charge in [-0.3, -0.25) is 9.10 Å². The van der Waals surface area contributed by atoms with Crippen LogP contribution in [0.2, 0.25) is 0 Å². The molecule has 1 fully saturated rings. The van der Waals surface area contributed by atoms with Crippen molar-refractivity contribution in [2.24, 2.45) is 5.92 Å². The molecule has 0 unspecified atom stereocenters. The Balaban J connectivity index is 1.85. The fourth-order valence-electron chi connectivity index (χ4n) is 3.50. The zero-order valence-corrected chi connectivity index (χ0v) is 14.4. The molecule has 6 heteroatoms. The zero-order chi connectivity index (χ0) is 16.4. The molecule has 23 heavy (non-hydrogen) atoms. The van der Waals surface area contributed by atoms with Gasteiger partial charge in [-0.05, 0) is 50.3 Å². The quantitative estimate of drug-likeness (QED) is 0.919. The molecule has 1 aliphatic heterocycles. The summed E-state index contributed by atoms with van der Waals surface area (Å²) in [5.74, 6) is 0.245. The highest BCUT2D eigenvalue weighted by molar-refractivity contribution is 7.92. The molecule has 3 rings (SSSR count). The highest BCUT2D eigenvalue weighted by Crippen LogP contribution is 2.33. The molecule has 1 N–H and O–H groups in total. The van der Waals surface area contributed by atoms with Crippen LogP contribution in [0.3, 0.4) is 0 Å². The first kappa shape index (κ1) is 16.3. The van der Waals surface area contributed by atoms with E-state index in [9.17, 15) is 13.2 Å². The molecule has 0 spiro atoms. The van der Waals surface area contributed by atoms with Gasteiger partial charge in [0.15, 0.2) is 0 Å². The van der Waals surface area contributed by atoms with Gasteiger partial charge in [0.25, 0.3) is 0 Å². The van der Waals surface area contributed by atoms with Crippen LogP contribution in [0.25, 0.3) is 0 Å². The molecule has 0 saturated heterocycles. The molecule has 0 radical (unpaired) electrons. The van der Waals surface area contributed by atoms with Crippen molar-refractivity contribution in [2.75, 3.05) is 21.9 Å². The lowest BCUT2D eigenvalue weighted by atomic mass is 10.0. The van der Waals surface area contributed by atoms with Gasteiger partial charge < -0.3 is 5.32 Å². The maximum absolute atomic E-state index is 12.3. The number of carbonyl (C=O) groups is 1. The molecular weight excluding hydrogens is 312 g/mol. The van der Waals surface area contributed by atoms with Crippen LogP contribution in [-0.4, -0.2) is 26.6 Å². The van der Waals surface area contributed by atoms with Crippen molar-refractivity contribution in [3.8, 4) is 0 Å². The molecule has 1 aromatic carbocycles. The Morgan fingerprint density at radius 1 is 1.26 bits per heavy atom. The Labute approximate surface area is 138 Å². The summed E-state index contributed by atoms with van der Waals surface area (Å²) in [5, 5.41) is 2.96. The van der Waals surface area contributed by atoms with Crippen molar-refractivity contribution in [2.45, 2.75) is 45.4 Å². The van der Waals surface area contributed by atoms with E-state index in [4.69, 9.17) is 0 Å². The van der Waals surface area contributed by atoms with E-state index in [1.807, 2.05) is 18.2 Å². The molecule has 1 heterocycles. The third kappa shape index (κ3) is 3.37. The van der Waals surface area contributed by atoms with Crippen molar-refractivity contribution < 1.29 is 13.2 Å². The van der Waals surface area contributed by atoms with Crippen LogP contribution < -0.4 is 9.62 Å². The van der Waals surface area contributed by atoms with Crippen LogP contribution in [0, 0.1) is 5.92 Å². The predicted octanol–water partition coefficient (Wildman–Crippen LogP) is 2.92. The second kappa shape index (κ2) is 6.51. The Kier molecular flexibility index (Phi) is 4.62. The minimum Gasteiger partial charge on any atom is -0.326 e. The third-order valence-electron chi connectivity index (χ3n) is 4.86. The van der Waals surface area contributed by atoms with E-state index in [1.165, 1.54) is 4.31 Å². The number of amides is 1. The summed E-state index contributed by atoms with van der Waals surface area (Å²) in [6, 6.07) is 5.64. The zero-order valence-electron chi connectivity index (χ0n) is 13.5. The number of hydrogen-bond donors (Lipinski definition) is 1. The summed E-state index contributed by atoms with van der Waals surface area (Å²) >= 11 is 0. The summed E-state index contributed by atoms with van der Waals surface area (Å²) < 4.78 is 26.1. The summed E-state index contributed by atoms with van der Waals surface area (Å²) in [5.41, 5.74) is 2.45. The average molecular weight is 336 g/mol. The van der Waals surface area contributed by atoms with Gasteiger partial charge in [-0.1, -0.05) is 18.9 Å². The molecule has 126 valence electrons. The van der Waals surface area contributed by atoms with Crippen molar-refractivity contribution in [1.82, 2.24) is 0 Å². The number of benzene rings is 1. The fraction of sp³-hybridized carbons (Fsp3) is 0.588. The van der Waals surface area contributed by atoms with E-state index < -0.39 is 10.0 Å². The Morgan fingerprint density at radius 3 is 2.70 bits per heavy atom. The maximum Gasteiger partial charge on any atom is 0.234 e. The lowest BCUT2D eigenvalue weighted by molar-refractivity contribution is -0.119. The molecule has 0 aromatic heterocycles. The van der Waals surface area contributed by atoms with Gasteiger partial charge in [0, 0.05) is 18.2 Å². The lowest BCUT2D eigenvalue weighted by Gasteiger charge is -2.30. The number of sulfonamides is 1. The van der Waals surface area contributed by atoms with Crippen molar-refractivity contribution in [3.05, 3.63) is 23.8 Å². The smallest absolute Gasteiger partial charge is 0.234 e. The molecule has 5 nitrogen and oxygen atoms in total. The number of anilines is 2. The molecule has 2 aliphatic rings. The highest BCUT2D eigenvalue weighted by atomic mass is 32.2. The van der Waals surface area contributed by atoms with E-state index in [0.717, 1.165) is 49.8 Å². The van der Waals surface area contributed by atoms with Crippen molar-refractivity contribution in [3.63, 3.8) is 0 Å². The highest BCUT2D eigenvalue weighted by Gasteiger charge is 2.27. The first-order chi connectivity index (χ1) is 11.0. The van der Waals surface area contributed by atoms with E-state index in [-0.39, 0.29) is 17.6 Å². The molecular formula is C17H24N2O3S. The third-order valence-corrected chi connectivity index (χ3v) is 6.64. The monoisotopic (exact) mass is 336 g/mol. The predicted molar refractivity (Wildman–Crippen MR) is 92.2 cm³/mol. The van der Waals surface area contributed by atoms with Crippen molar-refractivity contribution >= 4 is 27.3 Å². The van der Waals surface area contributed by atoms with Crippen LogP contribution in [0.4, 0.5) is 11.4 Å². The number of aryl methyl sites for hydroxylation is 1. The topological polar surface area (TPSA) is 66.5 Å². The molecule has 0 atom stereocenters. The van der Waals surface area contributed by atoms with Gasteiger partial charge in [-0.2, -0.15) is 0 Å². The fourth-order valence-corrected chi connectivity index (χ4v) is 4.68. The van der Waals surface area contributed by atoms with E-state index in [0.29, 0.717) is 12.2 Å². The van der Waals surface area contributed by atoms with Gasteiger partial charge in [0.1, 0.15) is 0 Å².